The molecule has 2 aliphatic carbocycles. The fourth-order valence-corrected chi connectivity index (χ4v) is 6.86. The molecule has 1 heterocycles. The average molecular weight is 515 g/mol. The van der Waals surface area contributed by atoms with Crippen molar-refractivity contribution < 1.29 is 0 Å². The van der Waals surface area contributed by atoms with Gasteiger partial charge in [0.05, 0.1) is 12.0 Å². The van der Waals surface area contributed by atoms with E-state index in [1.54, 1.807) is 5.57 Å². The highest BCUT2D eigenvalue weighted by atomic mass is 15.1. The molecule has 0 radical (unpaired) electrons. The van der Waals surface area contributed by atoms with E-state index in [2.05, 4.69) is 108 Å². The van der Waals surface area contributed by atoms with Gasteiger partial charge < -0.3 is 4.57 Å². The first-order valence-electron chi connectivity index (χ1n) is 15.3. The lowest BCUT2D eigenvalue weighted by molar-refractivity contribution is 0.329. The zero-order chi connectivity index (χ0) is 26.3. The fourth-order valence-electron chi connectivity index (χ4n) is 6.86. The molecule has 0 N–H and O–H groups in total. The summed E-state index contributed by atoms with van der Waals surface area (Å²) >= 11 is 0. The normalized spacial score (nSPS) is 16.9. The predicted octanol–water partition coefficient (Wildman–Crippen LogP) is 9.66. The lowest BCUT2D eigenvalue weighted by Gasteiger charge is -2.37. The van der Waals surface area contributed by atoms with Gasteiger partial charge >= 0.3 is 0 Å². The third-order valence-electron chi connectivity index (χ3n) is 9.05. The van der Waals surface area contributed by atoms with Crippen LogP contribution in [0.25, 0.3) is 6.08 Å². The molecular formula is C37H42N2. The molecule has 2 aliphatic rings. The standard InChI is InChI=1S/C37H42N2/c1-5-15-30(16-6-1)17-13-14-18-32(31-25-26-31)27-36-28-39(29-38-36)37(33-19-7-2-8-20-33,34-21-9-3-10-22-34)35-23-11-4-12-24-35/h2-4,7-12,19-24,27-31H,1,5-6,13-18,25-26H2/b32-27+. The highest BCUT2D eigenvalue weighted by Crippen LogP contribution is 2.42. The van der Waals surface area contributed by atoms with E-state index in [1.165, 1.54) is 87.3 Å². The van der Waals surface area contributed by atoms with Crippen LogP contribution in [0.15, 0.2) is 109 Å². The molecule has 2 nitrogen and oxygen atoms in total. The van der Waals surface area contributed by atoms with Crippen molar-refractivity contribution in [3.05, 3.63) is 131 Å². The van der Waals surface area contributed by atoms with E-state index < -0.39 is 5.54 Å². The van der Waals surface area contributed by atoms with E-state index in [9.17, 15) is 0 Å². The Kier molecular flexibility index (Phi) is 8.09. The monoisotopic (exact) mass is 514 g/mol. The van der Waals surface area contributed by atoms with Crippen LogP contribution < -0.4 is 0 Å². The van der Waals surface area contributed by atoms with Gasteiger partial charge in [-0.2, -0.15) is 0 Å². The maximum atomic E-state index is 5.00. The number of nitrogens with zero attached hydrogens (tertiary/aromatic N) is 2. The van der Waals surface area contributed by atoms with Gasteiger partial charge in [-0.3, -0.25) is 0 Å². The summed E-state index contributed by atoms with van der Waals surface area (Å²) in [5, 5.41) is 0. The van der Waals surface area contributed by atoms with E-state index in [-0.39, 0.29) is 0 Å². The van der Waals surface area contributed by atoms with Crippen LogP contribution in [0.3, 0.4) is 0 Å². The summed E-state index contributed by atoms with van der Waals surface area (Å²) in [5.74, 6) is 1.76. The molecule has 0 amide bonds. The summed E-state index contributed by atoms with van der Waals surface area (Å²) in [6.45, 7) is 0. The molecule has 0 spiro atoms. The fraction of sp³-hybridized carbons (Fsp3) is 0.378. The van der Waals surface area contributed by atoms with Gasteiger partial charge in [-0.1, -0.05) is 142 Å². The lowest BCUT2D eigenvalue weighted by Crippen LogP contribution is -2.36. The summed E-state index contributed by atoms with van der Waals surface area (Å²) in [6, 6.07) is 32.7. The van der Waals surface area contributed by atoms with Crippen LogP contribution in [-0.4, -0.2) is 9.55 Å². The van der Waals surface area contributed by atoms with Gasteiger partial charge in [0, 0.05) is 6.20 Å². The largest absolute Gasteiger partial charge is 0.318 e. The van der Waals surface area contributed by atoms with Crippen LogP contribution in [0, 0.1) is 11.8 Å². The number of hydrogen-bond acceptors (Lipinski definition) is 1. The van der Waals surface area contributed by atoms with Crippen molar-refractivity contribution in [1.82, 2.24) is 9.55 Å². The zero-order valence-electron chi connectivity index (χ0n) is 23.2. The van der Waals surface area contributed by atoms with Crippen molar-refractivity contribution in [1.29, 1.82) is 0 Å². The average Bonchev–Trinajstić information content (AvgIpc) is 3.76. The molecule has 0 bridgehead atoms. The number of allylic oxidation sites excluding steroid dienone is 1. The van der Waals surface area contributed by atoms with Crippen LogP contribution in [0.5, 0.6) is 0 Å². The summed E-state index contributed by atoms with van der Waals surface area (Å²) in [4.78, 5) is 5.00. The third-order valence-corrected chi connectivity index (χ3v) is 9.05. The van der Waals surface area contributed by atoms with Crippen molar-refractivity contribution in [3.63, 3.8) is 0 Å². The summed E-state index contributed by atoms with van der Waals surface area (Å²) in [6.07, 6.45) is 22.1. The maximum absolute atomic E-state index is 5.00. The molecule has 2 fully saturated rings. The molecule has 0 unspecified atom stereocenters. The number of aromatic nitrogens is 2. The number of benzene rings is 3. The van der Waals surface area contributed by atoms with Crippen molar-refractivity contribution >= 4 is 6.08 Å². The Morgan fingerprint density at radius 2 is 1.28 bits per heavy atom. The predicted molar refractivity (Wildman–Crippen MR) is 163 cm³/mol. The Morgan fingerprint density at radius 1 is 0.718 bits per heavy atom. The van der Waals surface area contributed by atoms with E-state index in [0.717, 1.165) is 17.5 Å². The first-order chi connectivity index (χ1) is 19.3. The van der Waals surface area contributed by atoms with Gasteiger partial charge in [-0.25, -0.2) is 4.98 Å². The molecule has 200 valence electrons. The Labute approximate surface area is 234 Å². The minimum absolute atomic E-state index is 0.497. The third kappa shape index (κ3) is 5.81. The first-order valence-corrected chi connectivity index (χ1v) is 15.3. The summed E-state index contributed by atoms with van der Waals surface area (Å²) in [7, 11) is 0. The van der Waals surface area contributed by atoms with Crippen LogP contribution >= 0.6 is 0 Å². The number of hydrogen-bond donors (Lipinski definition) is 0. The van der Waals surface area contributed by atoms with E-state index in [4.69, 9.17) is 4.98 Å². The van der Waals surface area contributed by atoms with Gasteiger partial charge in [-0.05, 0) is 60.3 Å². The molecule has 1 aromatic heterocycles. The zero-order valence-corrected chi connectivity index (χ0v) is 23.2. The molecular weight excluding hydrogens is 472 g/mol. The molecule has 39 heavy (non-hydrogen) atoms. The molecule has 3 aromatic carbocycles. The van der Waals surface area contributed by atoms with Gasteiger partial charge in [-0.15, -0.1) is 0 Å². The van der Waals surface area contributed by atoms with Crippen molar-refractivity contribution in [2.45, 2.75) is 76.2 Å². The van der Waals surface area contributed by atoms with Crippen LogP contribution in [0.2, 0.25) is 0 Å². The Bertz CT molecular complexity index is 1230. The van der Waals surface area contributed by atoms with Crippen LogP contribution in [0.1, 0.15) is 93.0 Å². The molecule has 6 rings (SSSR count). The quantitative estimate of drug-likeness (QED) is 0.144. The number of unbranched alkanes of at least 4 members (excludes halogenated alkanes) is 1. The first kappa shape index (κ1) is 25.9. The van der Waals surface area contributed by atoms with Gasteiger partial charge in [0.1, 0.15) is 5.54 Å². The number of rotatable bonds is 11. The lowest BCUT2D eigenvalue weighted by atomic mass is 9.77. The number of imidazole rings is 1. The highest BCUT2D eigenvalue weighted by molar-refractivity contribution is 5.54. The minimum atomic E-state index is -0.497. The van der Waals surface area contributed by atoms with Crippen LogP contribution in [-0.2, 0) is 5.54 Å². The maximum Gasteiger partial charge on any atom is 0.121 e. The van der Waals surface area contributed by atoms with E-state index >= 15 is 0 Å². The minimum Gasteiger partial charge on any atom is -0.318 e. The Balaban J connectivity index is 1.32. The SMILES string of the molecule is C(=C(/CCCCC1CCCCC1)C1CC1)/c1cn(C(c2ccccc2)(c2ccccc2)c2ccccc2)cn1. The molecule has 2 saturated carbocycles. The second-order valence-electron chi connectivity index (χ2n) is 11.8. The van der Waals surface area contributed by atoms with Gasteiger partial charge in [0.2, 0.25) is 0 Å². The van der Waals surface area contributed by atoms with Gasteiger partial charge in [0.25, 0.3) is 0 Å². The van der Waals surface area contributed by atoms with E-state index in [1.807, 2.05) is 6.33 Å². The molecule has 4 aromatic rings. The highest BCUT2D eigenvalue weighted by Gasteiger charge is 2.38. The Morgan fingerprint density at radius 3 is 1.82 bits per heavy atom. The Hall–Kier alpha value is -3.39. The van der Waals surface area contributed by atoms with Crippen molar-refractivity contribution in [3.8, 4) is 0 Å². The summed E-state index contributed by atoms with van der Waals surface area (Å²) < 4.78 is 2.34. The topological polar surface area (TPSA) is 17.8 Å². The van der Waals surface area contributed by atoms with Crippen molar-refractivity contribution in [2.24, 2.45) is 11.8 Å². The van der Waals surface area contributed by atoms with Crippen molar-refractivity contribution in [2.75, 3.05) is 0 Å². The summed E-state index contributed by atoms with van der Waals surface area (Å²) in [5.41, 5.74) is 5.91. The van der Waals surface area contributed by atoms with Gasteiger partial charge in [0.15, 0.2) is 0 Å². The second kappa shape index (κ2) is 12.2. The smallest absolute Gasteiger partial charge is 0.121 e. The molecule has 0 atom stereocenters. The van der Waals surface area contributed by atoms with Crippen LogP contribution in [0.4, 0.5) is 0 Å². The molecule has 2 heteroatoms. The molecule has 0 aliphatic heterocycles. The van der Waals surface area contributed by atoms with E-state index in [0.29, 0.717) is 0 Å². The second-order valence-corrected chi connectivity index (χ2v) is 11.8. The molecule has 0 saturated heterocycles.